The third kappa shape index (κ3) is 11.1. The van der Waals surface area contributed by atoms with Gasteiger partial charge in [-0.1, -0.05) is 24.3 Å². The van der Waals surface area contributed by atoms with E-state index in [1.165, 1.54) is 0 Å². The first kappa shape index (κ1) is 18.6. The molecule has 0 atom stereocenters. The summed E-state index contributed by atoms with van der Waals surface area (Å²) in [6, 6.07) is 0. The average Bonchev–Trinajstić information content (AvgIpc) is 2.33. The van der Waals surface area contributed by atoms with Crippen LogP contribution in [-0.4, -0.2) is 34.1 Å². The van der Waals surface area contributed by atoms with Crippen LogP contribution in [0.1, 0.15) is 38.5 Å². The fraction of sp³-hybridized carbons (Fsp3) is 0.429. The Morgan fingerprint density at radius 2 is 1.05 bits per heavy atom. The summed E-state index contributed by atoms with van der Waals surface area (Å²) in [7, 11) is 0. The van der Waals surface area contributed by atoms with Gasteiger partial charge in [0.2, 0.25) is 0 Å². The maximum atomic E-state index is 11.4. The third-order valence-corrected chi connectivity index (χ3v) is 2.40. The Hall–Kier alpha value is -2.44. The number of carbonyl (C=O) groups is 4. The molecule has 2 N–H and O–H groups in total. The molecule has 0 aromatic heterocycles. The summed E-state index contributed by atoms with van der Waals surface area (Å²) < 4.78 is 4.51. The van der Waals surface area contributed by atoms with E-state index in [2.05, 4.69) is 17.9 Å². The van der Waals surface area contributed by atoms with Crippen LogP contribution in [0.15, 0.2) is 24.3 Å². The van der Waals surface area contributed by atoms with Crippen LogP contribution in [0.4, 0.5) is 0 Å². The van der Waals surface area contributed by atoms with Gasteiger partial charge in [-0.05, 0) is 12.8 Å². The summed E-state index contributed by atoms with van der Waals surface area (Å²) in [5.74, 6) is -3.64. The van der Waals surface area contributed by atoms with Crippen LogP contribution in [0.25, 0.3) is 0 Å². The van der Waals surface area contributed by atoms with Crippen molar-refractivity contribution in [3.05, 3.63) is 24.3 Å². The van der Waals surface area contributed by atoms with E-state index < -0.39 is 23.9 Å². The van der Waals surface area contributed by atoms with Crippen LogP contribution in [0.2, 0.25) is 0 Å². The molecule has 0 aliphatic heterocycles. The second-order valence-electron chi connectivity index (χ2n) is 4.49. The molecular weight excluding hydrogens is 280 g/mol. The summed E-state index contributed by atoms with van der Waals surface area (Å²) in [5, 5.41) is 16.9. The zero-order valence-electron chi connectivity index (χ0n) is 11.6. The second-order valence-corrected chi connectivity index (χ2v) is 4.49. The molecular formula is C14H18O7. The lowest BCUT2D eigenvalue weighted by Gasteiger charge is -2.06. The Kier molecular flexibility index (Phi) is 8.36. The minimum absolute atomic E-state index is 0.129. The molecule has 0 aliphatic rings. The lowest BCUT2D eigenvalue weighted by atomic mass is 10.1. The fourth-order valence-corrected chi connectivity index (χ4v) is 1.35. The summed E-state index contributed by atoms with van der Waals surface area (Å²) in [6.07, 6.45) is -0.507. The minimum Gasteiger partial charge on any atom is -0.481 e. The predicted molar refractivity (Wildman–Crippen MR) is 72.4 cm³/mol. The number of carboxylic acids is 2. The average molecular weight is 298 g/mol. The van der Waals surface area contributed by atoms with Crippen molar-refractivity contribution in [1.29, 1.82) is 0 Å². The van der Waals surface area contributed by atoms with E-state index in [-0.39, 0.29) is 38.5 Å². The number of hydrogen-bond donors (Lipinski definition) is 2. The molecule has 7 heteroatoms. The van der Waals surface area contributed by atoms with Crippen molar-refractivity contribution in [3.8, 4) is 0 Å². The molecule has 0 saturated heterocycles. The van der Waals surface area contributed by atoms with Crippen molar-refractivity contribution in [2.24, 2.45) is 0 Å². The van der Waals surface area contributed by atoms with Crippen LogP contribution in [0, 0.1) is 0 Å². The Morgan fingerprint density at radius 1 is 0.714 bits per heavy atom. The number of hydrogen-bond acceptors (Lipinski definition) is 5. The number of aliphatic carboxylic acids is 2. The van der Waals surface area contributed by atoms with E-state index in [4.69, 9.17) is 10.2 Å². The molecule has 0 aromatic carbocycles. The van der Waals surface area contributed by atoms with Gasteiger partial charge in [0, 0.05) is 12.8 Å². The molecule has 0 rings (SSSR count). The molecule has 0 aromatic rings. The van der Waals surface area contributed by atoms with Gasteiger partial charge in [-0.3, -0.25) is 19.2 Å². The molecule has 0 spiro atoms. The van der Waals surface area contributed by atoms with E-state index in [1.807, 2.05) is 0 Å². The van der Waals surface area contributed by atoms with Crippen molar-refractivity contribution >= 4 is 23.9 Å². The molecule has 0 unspecified atom stereocenters. The maximum Gasteiger partial charge on any atom is 0.317 e. The number of ether oxygens (including phenoxy) is 1. The van der Waals surface area contributed by atoms with Gasteiger partial charge in [0.25, 0.3) is 0 Å². The van der Waals surface area contributed by atoms with Gasteiger partial charge in [-0.25, -0.2) is 0 Å². The summed E-state index contributed by atoms with van der Waals surface area (Å²) in [5.41, 5.74) is 0.722. The highest BCUT2D eigenvalue weighted by Crippen LogP contribution is 2.11. The molecule has 0 amide bonds. The lowest BCUT2D eigenvalue weighted by molar-refractivity contribution is -0.159. The van der Waals surface area contributed by atoms with Crippen LogP contribution in [0.3, 0.4) is 0 Å². The van der Waals surface area contributed by atoms with E-state index in [9.17, 15) is 19.2 Å². The second kappa shape index (κ2) is 9.46. The molecule has 0 radical (unpaired) electrons. The number of esters is 2. The summed E-state index contributed by atoms with van der Waals surface area (Å²) in [4.78, 5) is 43.4. The SMILES string of the molecule is C=C(CCC(=O)O)CC(=O)OC(=O)CC(=C)CCC(=O)O. The van der Waals surface area contributed by atoms with Crippen molar-refractivity contribution < 1.29 is 34.1 Å². The van der Waals surface area contributed by atoms with Crippen molar-refractivity contribution in [2.75, 3.05) is 0 Å². The first-order valence-corrected chi connectivity index (χ1v) is 6.21. The normalized spacial score (nSPS) is 9.71. The molecule has 21 heavy (non-hydrogen) atoms. The Bertz CT molecular complexity index is 420. The molecule has 0 bridgehead atoms. The highest BCUT2D eigenvalue weighted by molar-refractivity contribution is 5.87. The number of carboxylic acid groups (broad SMARTS) is 2. The molecule has 116 valence electrons. The highest BCUT2D eigenvalue weighted by atomic mass is 16.6. The van der Waals surface area contributed by atoms with E-state index in [0.29, 0.717) is 11.1 Å². The van der Waals surface area contributed by atoms with E-state index in [0.717, 1.165) is 0 Å². The molecule has 7 nitrogen and oxygen atoms in total. The van der Waals surface area contributed by atoms with Crippen LogP contribution in [0.5, 0.6) is 0 Å². The van der Waals surface area contributed by atoms with Gasteiger partial charge in [-0.2, -0.15) is 0 Å². The monoisotopic (exact) mass is 298 g/mol. The summed E-state index contributed by atoms with van der Waals surface area (Å²) in [6.45, 7) is 7.05. The lowest BCUT2D eigenvalue weighted by Crippen LogP contribution is -2.13. The number of rotatable bonds is 10. The van der Waals surface area contributed by atoms with Crippen molar-refractivity contribution in [3.63, 3.8) is 0 Å². The van der Waals surface area contributed by atoms with Gasteiger partial charge >= 0.3 is 23.9 Å². The van der Waals surface area contributed by atoms with Crippen LogP contribution >= 0.6 is 0 Å². The van der Waals surface area contributed by atoms with Gasteiger partial charge in [0.1, 0.15) is 0 Å². The standard InChI is InChI=1S/C14H18O7/c1-9(3-5-11(15)16)7-13(19)21-14(20)8-10(2)4-6-12(17)18/h1-8H2,(H,15,16)(H,17,18). The van der Waals surface area contributed by atoms with Crippen LogP contribution < -0.4 is 0 Å². The Labute approximate surface area is 121 Å². The highest BCUT2D eigenvalue weighted by Gasteiger charge is 2.14. The first-order chi connectivity index (χ1) is 9.70. The van der Waals surface area contributed by atoms with Gasteiger partial charge in [0.15, 0.2) is 0 Å². The topological polar surface area (TPSA) is 118 Å². The molecule has 0 aliphatic carbocycles. The van der Waals surface area contributed by atoms with Gasteiger partial charge < -0.3 is 14.9 Å². The smallest absolute Gasteiger partial charge is 0.317 e. The third-order valence-electron chi connectivity index (χ3n) is 2.40. The van der Waals surface area contributed by atoms with Crippen molar-refractivity contribution in [2.45, 2.75) is 38.5 Å². The van der Waals surface area contributed by atoms with Crippen LogP contribution in [-0.2, 0) is 23.9 Å². The van der Waals surface area contributed by atoms with Crippen molar-refractivity contribution in [1.82, 2.24) is 0 Å². The summed E-state index contributed by atoms with van der Waals surface area (Å²) >= 11 is 0. The fourth-order valence-electron chi connectivity index (χ4n) is 1.35. The van der Waals surface area contributed by atoms with E-state index >= 15 is 0 Å². The maximum absolute atomic E-state index is 11.4. The number of carbonyl (C=O) groups excluding carboxylic acids is 2. The molecule has 0 fully saturated rings. The Morgan fingerprint density at radius 3 is 1.33 bits per heavy atom. The van der Waals surface area contributed by atoms with Gasteiger partial charge in [0.05, 0.1) is 12.8 Å². The van der Waals surface area contributed by atoms with Gasteiger partial charge in [-0.15, -0.1) is 0 Å². The quantitative estimate of drug-likeness (QED) is 0.358. The first-order valence-electron chi connectivity index (χ1n) is 6.21. The Balaban J connectivity index is 4.01. The zero-order chi connectivity index (χ0) is 16.4. The minimum atomic E-state index is -1.00. The molecule has 0 heterocycles. The van der Waals surface area contributed by atoms with E-state index in [1.54, 1.807) is 0 Å². The zero-order valence-corrected chi connectivity index (χ0v) is 11.6. The predicted octanol–water partition coefficient (Wildman–Crippen LogP) is 1.68. The molecule has 0 saturated carbocycles. The largest absolute Gasteiger partial charge is 0.481 e.